The summed E-state index contributed by atoms with van der Waals surface area (Å²) in [6, 6.07) is 15.7. The number of aryl methyl sites for hydroxylation is 1. The Morgan fingerprint density at radius 1 is 1.17 bits per heavy atom. The molecule has 0 aliphatic heterocycles. The van der Waals surface area contributed by atoms with Gasteiger partial charge in [0, 0.05) is 16.7 Å². The van der Waals surface area contributed by atoms with E-state index in [2.05, 4.69) is 5.32 Å². The summed E-state index contributed by atoms with van der Waals surface area (Å²) in [5.41, 5.74) is 1.64. The van der Waals surface area contributed by atoms with Gasteiger partial charge in [-0.05, 0) is 55.9 Å². The number of anilines is 1. The van der Waals surface area contributed by atoms with Crippen molar-refractivity contribution >= 4 is 28.9 Å². The number of rotatable bonds is 7. The van der Waals surface area contributed by atoms with Crippen LogP contribution in [0.5, 0.6) is 0 Å². The summed E-state index contributed by atoms with van der Waals surface area (Å²) in [5, 5.41) is 14.5. The van der Waals surface area contributed by atoms with Gasteiger partial charge in [-0.25, -0.2) is 0 Å². The highest BCUT2D eigenvalue weighted by atomic mass is 35.5. The number of carbonyl (C=O) groups is 1. The van der Waals surface area contributed by atoms with Gasteiger partial charge in [0.05, 0.1) is 18.0 Å². The van der Waals surface area contributed by atoms with Crippen LogP contribution >= 0.6 is 11.6 Å². The number of hydrogen-bond donors (Lipinski definition) is 1. The first-order valence-corrected chi connectivity index (χ1v) is 9.28. The van der Waals surface area contributed by atoms with Gasteiger partial charge < -0.3 is 9.73 Å². The number of hydrogen-bond acceptors (Lipinski definition) is 5. The van der Waals surface area contributed by atoms with E-state index in [1.165, 1.54) is 6.07 Å². The van der Waals surface area contributed by atoms with Gasteiger partial charge in [0.1, 0.15) is 17.2 Å². The van der Waals surface area contributed by atoms with E-state index in [-0.39, 0.29) is 23.8 Å². The maximum absolute atomic E-state index is 12.4. The van der Waals surface area contributed by atoms with E-state index in [9.17, 15) is 14.9 Å². The first kappa shape index (κ1) is 20.6. The molecule has 29 heavy (non-hydrogen) atoms. The van der Waals surface area contributed by atoms with Crippen molar-refractivity contribution in [2.75, 3.05) is 18.9 Å². The van der Waals surface area contributed by atoms with Gasteiger partial charge in [-0.2, -0.15) is 0 Å². The van der Waals surface area contributed by atoms with Crippen molar-refractivity contribution in [2.45, 2.75) is 13.5 Å². The number of benzene rings is 2. The lowest BCUT2D eigenvalue weighted by atomic mass is 10.1. The number of halogens is 1. The van der Waals surface area contributed by atoms with Crippen LogP contribution in [0.15, 0.2) is 59.0 Å². The van der Waals surface area contributed by atoms with Crippen LogP contribution in [-0.4, -0.2) is 29.3 Å². The Kier molecular flexibility index (Phi) is 6.31. The average Bonchev–Trinajstić information content (AvgIpc) is 3.11. The van der Waals surface area contributed by atoms with Crippen LogP contribution < -0.4 is 5.32 Å². The summed E-state index contributed by atoms with van der Waals surface area (Å²) in [4.78, 5) is 24.8. The van der Waals surface area contributed by atoms with E-state index in [1.54, 1.807) is 43.1 Å². The minimum absolute atomic E-state index is 0.0580. The first-order valence-electron chi connectivity index (χ1n) is 8.90. The maximum Gasteiger partial charge on any atom is 0.293 e. The van der Waals surface area contributed by atoms with Crippen molar-refractivity contribution in [2.24, 2.45) is 0 Å². The largest absolute Gasteiger partial charge is 0.460 e. The number of likely N-dealkylation sites (N-methyl/N-ethyl adjacent to an activating group) is 1. The molecule has 0 aliphatic rings. The molecule has 3 aromatic rings. The van der Waals surface area contributed by atoms with Gasteiger partial charge in [-0.15, -0.1) is 0 Å². The number of amides is 1. The third-order valence-corrected chi connectivity index (χ3v) is 4.59. The predicted octanol–water partition coefficient (Wildman–Crippen LogP) is 4.89. The third kappa shape index (κ3) is 5.22. The molecular weight excluding hydrogens is 394 g/mol. The molecule has 0 atom stereocenters. The van der Waals surface area contributed by atoms with E-state index in [4.69, 9.17) is 16.0 Å². The van der Waals surface area contributed by atoms with Gasteiger partial charge in [-0.1, -0.05) is 23.7 Å². The van der Waals surface area contributed by atoms with Crippen molar-refractivity contribution in [3.05, 3.63) is 81.1 Å². The molecule has 0 fully saturated rings. The summed E-state index contributed by atoms with van der Waals surface area (Å²) < 4.78 is 5.84. The Labute approximate surface area is 173 Å². The second-order valence-corrected chi connectivity index (χ2v) is 7.16. The molecule has 1 N–H and O–H groups in total. The van der Waals surface area contributed by atoms with Crippen molar-refractivity contribution in [3.63, 3.8) is 0 Å². The molecule has 8 heteroatoms. The molecule has 1 heterocycles. The van der Waals surface area contributed by atoms with Crippen LogP contribution in [0, 0.1) is 17.0 Å². The van der Waals surface area contributed by atoms with Gasteiger partial charge in [0.2, 0.25) is 5.91 Å². The number of nitro groups is 1. The molecule has 0 radical (unpaired) electrons. The second kappa shape index (κ2) is 8.89. The number of nitrogens with zero attached hydrogens (tertiary/aromatic N) is 2. The van der Waals surface area contributed by atoms with Crippen molar-refractivity contribution in [3.8, 4) is 11.3 Å². The van der Waals surface area contributed by atoms with Gasteiger partial charge >= 0.3 is 0 Å². The zero-order valence-corrected chi connectivity index (χ0v) is 16.8. The lowest BCUT2D eigenvalue weighted by molar-refractivity contribution is -0.384. The fourth-order valence-corrected chi connectivity index (χ4v) is 3.07. The van der Waals surface area contributed by atoms with Crippen LogP contribution in [0.3, 0.4) is 0 Å². The minimum Gasteiger partial charge on any atom is -0.460 e. The smallest absolute Gasteiger partial charge is 0.293 e. The number of carbonyl (C=O) groups excluding carboxylic acids is 1. The molecule has 0 unspecified atom stereocenters. The summed E-state index contributed by atoms with van der Waals surface area (Å²) in [5.74, 6) is 1.08. The fourth-order valence-electron chi connectivity index (χ4n) is 2.95. The van der Waals surface area contributed by atoms with E-state index < -0.39 is 4.92 Å². The monoisotopic (exact) mass is 413 g/mol. The Balaban J connectivity index is 1.61. The summed E-state index contributed by atoms with van der Waals surface area (Å²) >= 11 is 5.90. The van der Waals surface area contributed by atoms with Gasteiger partial charge in [0.25, 0.3) is 5.69 Å². The van der Waals surface area contributed by atoms with Crippen LogP contribution in [0.4, 0.5) is 11.4 Å². The zero-order valence-electron chi connectivity index (χ0n) is 16.0. The third-order valence-electron chi connectivity index (χ3n) is 4.34. The topological polar surface area (TPSA) is 88.6 Å². The SMILES string of the molecule is Cc1cccc([N+](=O)[O-])c1NC(=O)CN(C)Cc1ccc(-c2ccc(Cl)cc2)o1. The molecule has 0 saturated carbocycles. The quantitative estimate of drug-likeness (QED) is 0.440. The molecule has 150 valence electrons. The van der Waals surface area contributed by atoms with E-state index in [1.807, 2.05) is 24.3 Å². The molecule has 0 aliphatic carbocycles. The molecular formula is C21H20ClN3O4. The number of nitro benzene ring substituents is 1. The zero-order chi connectivity index (χ0) is 21.0. The predicted molar refractivity (Wildman–Crippen MR) is 112 cm³/mol. The maximum atomic E-state index is 12.4. The molecule has 1 amide bonds. The van der Waals surface area contributed by atoms with Crippen LogP contribution in [0.2, 0.25) is 5.02 Å². The highest BCUT2D eigenvalue weighted by Crippen LogP contribution is 2.28. The lowest BCUT2D eigenvalue weighted by Gasteiger charge is -2.15. The van der Waals surface area contributed by atoms with Crippen LogP contribution in [0.25, 0.3) is 11.3 Å². The molecule has 2 aromatic carbocycles. The standard InChI is InChI=1S/C21H20ClN3O4/c1-14-4-3-5-18(25(27)28)21(14)23-20(26)13-24(2)12-17-10-11-19(29-17)15-6-8-16(22)9-7-15/h3-11H,12-13H2,1-2H3,(H,23,26). The molecule has 3 rings (SSSR count). The molecule has 0 saturated heterocycles. The lowest BCUT2D eigenvalue weighted by Crippen LogP contribution is -2.30. The molecule has 0 bridgehead atoms. The average molecular weight is 414 g/mol. The van der Waals surface area contributed by atoms with Gasteiger partial charge in [-0.3, -0.25) is 19.8 Å². The number of nitrogens with one attached hydrogen (secondary N) is 1. The van der Waals surface area contributed by atoms with E-state index in [0.717, 1.165) is 5.56 Å². The Morgan fingerprint density at radius 2 is 1.90 bits per heavy atom. The Morgan fingerprint density at radius 3 is 2.59 bits per heavy atom. The molecule has 7 nitrogen and oxygen atoms in total. The normalized spacial score (nSPS) is 10.9. The second-order valence-electron chi connectivity index (χ2n) is 6.72. The summed E-state index contributed by atoms with van der Waals surface area (Å²) in [6.45, 7) is 2.19. The van der Waals surface area contributed by atoms with E-state index in [0.29, 0.717) is 28.7 Å². The first-order chi connectivity index (χ1) is 13.8. The number of furan rings is 1. The highest BCUT2D eigenvalue weighted by Gasteiger charge is 2.18. The molecule has 1 aromatic heterocycles. The molecule has 0 spiro atoms. The summed E-state index contributed by atoms with van der Waals surface area (Å²) in [6.07, 6.45) is 0. The minimum atomic E-state index is -0.506. The van der Waals surface area contributed by atoms with E-state index >= 15 is 0 Å². The van der Waals surface area contributed by atoms with Crippen LogP contribution in [-0.2, 0) is 11.3 Å². The Bertz CT molecular complexity index is 1030. The van der Waals surface area contributed by atoms with Gasteiger partial charge in [0.15, 0.2) is 0 Å². The fraction of sp³-hybridized carbons (Fsp3) is 0.190. The van der Waals surface area contributed by atoms with Crippen LogP contribution in [0.1, 0.15) is 11.3 Å². The van der Waals surface area contributed by atoms with Crippen molar-refractivity contribution in [1.29, 1.82) is 0 Å². The Hall–Kier alpha value is -3.16. The van der Waals surface area contributed by atoms with Crippen molar-refractivity contribution in [1.82, 2.24) is 4.90 Å². The van der Waals surface area contributed by atoms with Crippen molar-refractivity contribution < 1.29 is 14.1 Å². The highest BCUT2D eigenvalue weighted by molar-refractivity contribution is 6.30. The summed E-state index contributed by atoms with van der Waals surface area (Å²) in [7, 11) is 1.77. The number of para-hydroxylation sites is 1.